The SMILES string of the molecule is CC/C(=C(/c1ccc(/C=C/C(=O)O)cc1)c1ccc2[nH]ncc2c1F)c1ccc(Cl)cc1Cl. The topological polar surface area (TPSA) is 66.0 Å². The summed E-state index contributed by atoms with van der Waals surface area (Å²) in [6, 6.07) is 16.0. The number of fused-ring (bicyclic) bond motifs is 1. The highest BCUT2D eigenvalue weighted by Crippen LogP contribution is 2.39. The zero-order chi connectivity index (χ0) is 23.5. The van der Waals surface area contributed by atoms with Crippen LogP contribution in [-0.2, 0) is 4.79 Å². The molecule has 0 atom stereocenters. The van der Waals surface area contributed by atoms with Crippen LogP contribution in [-0.4, -0.2) is 21.3 Å². The van der Waals surface area contributed by atoms with Crippen molar-refractivity contribution in [2.24, 2.45) is 0 Å². The van der Waals surface area contributed by atoms with E-state index in [4.69, 9.17) is 28.3 Å². The molecule has 33 heavy (non-hydrogen) atoms. The van der Waals surface area contributed by atoms with E-state index < -0.39 is 5.97 Å². The van der Waals surface area contributed by atoms with Gasteiger partial charge in [-0.05, 0) is 64.6 Å². The second-order valence-corrected chi connectivity index (χ2v) is 8.23. The van der Waals surface area contributed by atoms with Gasteiger partial charge in [-0.1, -0.05) is 60.5 Å². The van der Waals surface area contributed by atoms with Gasteiger partial charge in [0, 0.05) is 21.7 Å². The fraction of sp³-hybridized carbons (Fsp3) is 0.0769. The largest absolute Gasteiger partial charge is 0.478 e. The third-order valence-electron chi connectivity index (χ3n) is 5.36. The van der Waals surface area contributed by atoms with Crippen LogP contribution in [0.1, 0.15) is 35.6 Å². The normalized spacial score (nSPS) is 12.4. The third-order valence-corrected chi connectivity index (χ3v) is 5.90. The molecule has 0 fully saturated rings. The number of hydrogen-bond acceptors (Lipinski definition) is 2. The van der Waals surface area contributed by atoms with E-state index in [1.165, 1.54) is 12.3 Å². The lowest BCUT2D eigenvalue weighted by atomic mass is 9.87. The first kappa shape index (κ1) is 22.8. The van der Waals surface area contributed by atoms with Crippen LogP contribution >= 0.6 is 23.2 Å². The summed E-state index contributed by atoms with van der Waals surface area (Å²) < 4.78 is 15.7. The number of carboxylic acids is 1. The number of nitrogens with zero attached hydrogens (tertiary/aromatic N) is 1. The molecule has 0 bridgehead atoms. The molecule has 2 N–H and O–H groups in total. The minimum absolute atomic E-state index is 0.387. The molecule has 4 rings (SSSR count). The van der Waals surface area contributed by atoms with Gasteiger partial charge in [-0.3, -0.25) is 5.10 Å². The van der Waals surface area contributed by atoms with Crippen molar-refractivity contribution < 1.29 is 14.3 Å². The van der Waals surface area contributed by atoms with E-state index in [0.29, 0.717) is 44.1 Å². The number of halogens is 3. The summed E-state index contributed by atoms with van der Waals surface area (Å²) in [6.45, 7) is 1.98. The van der Waals surface area contributed by atoms with E-state index in [9.17, 15) is 4.79 Å². The number of nitrogens with one attached hydrogen (secondary N) is 1. The van der Waals surface area contributed by atoms with E-state index >= 15 is 4.39 Å². The third kappa shape index (κ3) is 4.70. The van der Waals surface area contributed by atoms with Crippen molar-refractivity contribution in [2.45, 2.75) is 13.3 Å². The average Bonchev–Trinajstić information content (AvgIpc) is 3.28. The quantitative estimate of drug-likeness (QED) is 0.222. The molecule has 0 unspecified atom stereocenters. The Morgan fingerprint density at radius 1 is 1.09 bits per heavy atom. The Hall–Kier alpha value is -3.41. The zero-order valence-electron chi connectivity index (χ0n) is 17.6. The van der Waals surface area contributed by atoms with Crippen molar-refractivity contribution in [3.63, 3.8) is 0 Å². The van der Waals surface area contributed by atoms with Crippen LogP contribution in [0.15, 0.2) is 66.9 Å². The van der Waals surface area contributed by atoms with E-state index in [1.807, 2.05) is 25.1 Å². The number of H-pyrrole nitrogens is 1. The second-order valence-electron chi connectivity index (χ2n) is 7.38. The molecule has 4 nitrogen and oxygen atoms in total. The maximum atomic E-state index is 15.7. The Labute approximate surface area is 200 Å². The van der Waals surface area contributed by atoms with Gasteiger partial charge in [0.25, 0.3) is 0 Å². The molecule has 0 saturated carbocycles. The average molecular weight is 481 g/mol. The van der Waals surface area contributed by atoms with Gasteiger partial charge in [0.2, 0.25) is 0 Å². The maximum Gasteiger partial charge on any atom is 0.328 e. The van der Waals surface area contributed by atoms with Gasteiger partial charge >= 0.3 is 5.97 Å². The minimum Gasteiger partial charge on any atom is -0.478 e. The van der Waals surface area contributed by atoms with E-state index in [1.54, 1.807) is 36.4 Å². The Bertz CT molecular complexity index is 1410. The summed E-state index contributed by atoms with van der Waals surface area (Å²) in [5.41, 5.74) is 4.82. The Balaban J connectivity index is 1.98. The highest BCUT2D eigenvalue weighted by molar-refractivity contribution is 6.36. The van der Waals surface area contributed by atoms with E-state index in [0.717, 1.165) is 22.8 Å². The molecular weight excluding hydrogens is 462 g/mol. The first-order valence-corrected chi connectivity index (χ1v) is 11.0. The van der Waals surface area contributed by atoms with Gasteiger partial charge in [-0.15, -0.1) is 0 Å². The smallest absolute Gasteiger partial charge is 0.328 e. The minimum atomic E-state index is -1.03. The van der Waals surface area contributed by atoms with Gasteiger partial charge in [0.05, 0.1) is 17.1 Å². The molecule has 0 saturated heterocycles. The Morgan fingerprint density at radius 3 is 2.48 bits per heavy atom. The fourth-order valence-corrected chi connectivity index (χ4v) is 4.36. The van der Waals surface area contributed by atoms with Crippen LogP contribution < -0.4 is 0 Å². The summed E-state index contributed by atoms with van der Waals surface area (Å²) >= 11 is 12.7. The number of hydrogen-bond donors (Lipinski definition) is 2. The van der Waals surface area contributed by atoms with Gasteiger partial charge in [-0.2, -0.15) is 5.10 Å². The number of aromatic amines is 1. The zero-order valence-corrected chi connectivity index (χ0v) is 19.1. The maximum absolute atomic E-state index is 15.7. The van der Waals surface area contributed by atoms with Crippen molar-refractivity contribution in [2.75, 3.05) is 0 Å². The summed E-state index contributed by atoms with van der Waals surface area (Å²) in [5, 5.41) is 17.0. The molecule has 3 aromatic carbocycles. The number of rotatable bonds is 6. The Morgan fingerprint density at radius 2 is 1.82 bits per heavy atom. The molecule has 0 spiro atoms. The number of allylic oxidation sites excluding steroid dienone is 1. The van der Waals surface area contributed by atoms with Crippen LogP contribution in [0, 0.1) is 5.82 Å². The van der Waals surface area contributed by atoms with Crippen molar-refractivity contribution in [1.29, 1.82) is 0 Å². The molecule has 0 aliphatic rings. The summed E-state index contributed by atoms with van der Waals surface area (Å²) in [4.78, 5) is 10.8. The number of carbonyl (C=O) groups is 1. The summed E-state index contributed by atoms with van der Waals surface area (Å²) in [5.74, 6) is -1.41. The van der Waals surface area contributed by atoms with Gasteiger partial charge in [0.15, 0.2) is 0 Å². The molecule has 1 heterocycles. The predicted octanol–water partition coefficient (Wildman–Crippen LogP) is 7.48. The monoisotopic (exact) mass is 480 g/mol. The molecule has 0 amide bonds. The molecule has 1 aromatic heterocycles. The van der Waals surface area contributed by atoms with Gasteiger partial charge < -0.3 is 5.11 Å². The molecule has 0 aliphatic carbocycles. The Kier molecular flexibility index (Phi) is 6.63. The second kappa shape index (κ2) is 9.61. The number of aromatic nitrogens is 2. The summed E-state index contributed by atoms with van der Waals surface area (Å²) in [7, 11) is 0. The molecule has 7 heteroatoms. The fourth-order valence-electron chi connectivity index (χ4n) is 3.83. The van der Waals surface area contributed by atoms with Crippen molar-refractivity contribution in [3.8, 4) is 0 Å². The van der Waals surface area contributed by atoms with Crippen LogP contribution in [0.5, 0.6) is 0 Å². The van der Waals surface area contributed by atoms with Gasteiger partial charge in [0.1, 0.15) is 5.82 Å². The highest BCUT2D eigenvalue weighted by atomic mass is 35.5. The predicted molar refractivity (Wildman–Crippen MR) is 132 cm³/mol. The lowest BCUT2D eigenvalue weighted by molar-refractivity contribution is -0.131. The molecule has 0 aliphatic heterocycles. The first-order chi connectivity index (χ1) is 15.9. The van der Waals surface area contributed by atoms with Crippen LogP contribution in [0.25, 0.3) is 28.1 Å². The number of benzene rings is 3. The number of aliphatic carboxylic acids is 1. The summed E-state index contributed by atoms with van der Waals surface area (Å²) in [6.07, 6.45) is 4.63. The van der Waals surface area contributed by atoms with Crippen LogP contribution in [0.4, 0.5) is 4.39 Å². The molecule has 4 aromatic rings. The van der Waals surface area contributed by atoms with Crippen molar-refractivity contribution in [3.05, 3.63) is 105 Å². The standard InChI is InChI=1S/C26H19Cl2FN2O2/c1-2-18(19-9-8-17(27)13-22(19)28)25(16-6-3-15(4-7-16)5-12-24(32)33)20-10-11-23-21(26(20)29)14-30-31-23/h3-14H,2H2,1H3,(H,30,31)(H,32,33)/b12-5+,25-18+. The van der Waals surface area contributed by atoms with Crippen molar-refractivity contribution >= 4 is 57.3 Å². The molecular formula is C26H19Cl2FN2O2. The van der Waals surface area contributed by atoms with Crippen molar-refractivity contribution in [1.82, 2.24) is 10.2 Å². The van der Waals surface area contributed by atoms with E-state index in [-0.39, 0.29) is 5.82 Å². The van der Waals surface area contributed by atoms with Crippen LogP contribution in [0.3, 0.4) is 0 Å². The molecule has 0 radical (unpaired) electrons. The van der Waals surface area contributed by atoms with Crippen LogP contribution in [0.2, 0.25) is 10.0 Å². The van der Waals surface area contributed by atoms with E-state index in [2.05, 4.69) is 10.2 Å². The number of carboxylic acid groups (broad SMARTS) is 1. The lowest BCUT2D eigenvalue weighted by Crippen LogP contribution is -1.99. The van der Waals surface area contributed by atoms with Gasteiger partial charge in [-0.25, -0.2) is 9.18 Å². The lowest BCUT2D eigenvalue weighted by Gasteiger charge is -2.18. The first-order valence-electron chi connectivity index (χ1n) is 10.2. The molecule has 166 valence electrons. The highest BCUT2D eigenvalue weighted by Gasteiger charge is 2.20.